The molecule has 0 aromatic heterocycles. The molecule has 1 aromatic carbocycles. The minimum absolute atomic E-state index is 0.127. The van der Waals surface area contributed by atoms with Crippen LogP contribution in [0, 0.1) is 5.92 Å². The molecule has 1 aliphatic heterocycles. The van der Waals surface area contributed by atoms with Gasteiger partial charge in [-0.2, -0.15) is 0 Å². The first kappa shape index (κ1) is 13.8. The Labute approximate surface area is 127 Å². The normalized spacial score (nSPS) is 33.5. The smallest absolute Gasteiger partial charge is 0.181 e. The molecule has 1 saturated carbocycles. The van der Waals surface area contributed by atoms with Crippen LogP contribution in [0.1, 0.15) is 55.8 Å². The van der Waals surface area contributed by atoms with Crippen LogP contribution >= 0.6 is 0 Å². The zero-order valence-corrected chi connectivity index (χ0v) is 13.5. The van der Waals surface area contributed by atoms with Crippen molar-refractivity contribution >= 4 is 9.84 Å². The summed E-state index contributed by atoms with van der Waals surface area (Å²) >= 11 is 0. The molecular formula is C17H23NO2S. The first-order valence-corrected chi connectivity index (χ1v) is 9.69. The van der Waals surface area contributed by atoms with E-state index in [-0.39, 0.29) is 17.2 Å². The second-order valence-corrected chi connectivity index (χ2v) is 9.31. The third-order valence-electron chi connectivity index (χ3n) is 5.61. The molecule has 0 saturated heterocycles. The minimum atomic E-state index is -3.18. The Morgan fingerprint density at radius 2 is 1.76 bits per heavy atom. The molecule has 1 fully saturated rings. The van der Waals surface area contributed by atoms with Crippen molar-refractivity contribution in [3.05, 3.63) is 28.8 Å². The van der Waals surface area contributed by atoms with Crippen molar-refractivity contribution < 1.29 is 8.42 Å². The molecule has 0 amide bonds. The molecule has 1 aromatic rings. The molecule has 0 spiro atoms. The van der Waals surface area contributed by atoms with Crippen LogP contribution in [0.2, 0.25) is 0 Å². The lowest BCUT2D eigenvalue weighted by molar-refractivity contribution is 0.355. The predicted molar refractivity (Wildman–Crippen MR) is 83.2 cm³/mol. The van der Waals surface area contributed by atoms with Crippen molar-refractivity contribution in [2.75, 3.05) is 0 Å². The molecule has 21 heavy (non-hydrogen) atoms. The first-order chi connectivity index (χ1) is 9.98. The molecule has 1 N–H and O–H groups in total. The molecular weight excluding hydrogens is 282 g/mol. The largest absolute Gasteiger partial charge is 0.307 e. The van der Waals surface area contributed by atoms with E-state index in [4.69, 9.17) is 0 Å². The van der Waals surface area contributed by atoms with Gasteiger partial charge in [-0.1, -0.05) is 13.0 Å². The van der Waals surface area contributed by atoms with E-state index < -0.39 is 9.84 Å². The third kappa shape index (κ3) is 2.07. The summed E-state index contributed by atoms with van der Waals surface area (Å²) in [5.74, 6) is 0.127. The van der Waals surface area contributed by atoms with E-state index in [1.807, 2.05) is 13.0 Å². The number of nitrogens with one attached hydrogen (secondary N) is 1. The molecule has 0 radical (unpaired) electrons. The standard InChI is InChI=1S/C17H23NO2S/c1-10-11(2)21(19,20)16-9-13-5-3-4-12(13)8-15(16)17(10)18-14-6-7-14/h8-11,14,17-18H,3-7H2,1-2H3. The Hall–Kier alpha value is -0.870. The van der Waals surface area contributed by atoms with E-state index in [0.717, 1.165) is 24.8 Å². The van der Waals surface area contributed by atoms with Crippen LogP contribution in [0.15, 0.2) is 17.0 Å². The maximum Gasteiger partial charge on any atom is 0.181 e. The lowest BCUT2D eigenvalue weighted by atomic mass is 9.89. The number of aryl methyl sites for hydroxylation is 2. The van der Waals surface area contributed by atoms with Crippen molar-refractivity contribution in [2.45, 2.75) is 68.2 Å². The molecule has 3 unspecified atom stereocenters. The number of fused-ring (bicyclic) bond motifs is 2. The molecule has 114 valence electrons. The van der Waals surface area contributed by atoms with Gasteiger partial charge < -0.3 is 5.32 Å². The summed E-state index contributed by atoms with van der Waals surface area (Å²) in [6, 6.07) is 4.96. The molecule has 0 bridgehead atoms. The van der Waals surface area contributed by atoms with Gasteiger partial charge in [-0.15, -0.1) is 0 Å². The second-order valence-electron chi connectivity index (χ2n) is 7.04. The molecule has 4 heteroatoms. The molecule has 1 heterocycles. The zero-order valence-electron chi connectivity index (χ0n) is 12.7. The molecule has 3 nitrogen and oxygen atoms in total. The maximum absolute atomic E-state index is 12.8. The highest BCUT2D eigenvalue weighted by Gasteiger charge is 2.43. The minimum Gasteiger partial charge on any atom is -0.307 e. The second kappa shape index (κ2) is 4.56. The monoisotopic (exact) mass is 305 g/mol. The van der Waals surface area contributed by atoms with Crippen molar-refractivity contribution in [1.29, 1.82) is 0 Å². The number of rotatable bonds is 2. The maximum atomic E-state index is 12.8. The molecule has 2 aliphatic carbocycles. The van der Waals surface area contributed by atoms with Gasteiger partial charge in [-0.25, -0.2) is 8.42 Å². The van der Waals surface area contributed by atoms with Crippen LogP contribution in [-0.4, -0.2) is 19.7 Å². The zero-order chi connectivity index (χ0) is 14.8. The fraction of sp³-hybridized carbons (Fsp3) is 0.647. The Morgan fingerprint density at radius 1 is 1.10 bits per heavy atom. The van der Waals surface area contributed by atoms with Crippen molar-refractivity contribution in [3.8, 4) is 0 Å². The highest BCUT2D eigenvalue weighted by Crippen LogP contribution is 2.43. The highest BCUT2D eigenvalue weighted by atomic mass is 32.2. The Morgan fingerprint density at radius 3 is 2.43 bits per heavy atom. The summed E-state index contributed by atoms with van der Waals surface area (Å²) < 4.78 is 25.7. The van der Waals surface area contributed by atoms with E-state index in [9.17, 15) is 8.42 Å². The topological polar surface area (TPSA) is 46.2 Å². The van der Waals surface area contributed by atoms with Gasteiger partial charge in [0.25, 0.3) is 0 Å². The molecule has 4 rings (SSSR count). The Balaban J connectivity index is 1.89. The molecule has 3 aliphatic rings. The summed E-state index contributed by atoms with van der Waals surface area (Å²) in [4.78, 5) is 0.604. The lowest BCUT2D eigenvalue weighted by Crippen LogP contribution is -2.42. The Kier molecular flexibility index (Phi) is 2.99. The van der Waals surface area contributed by atoms with E-state index in [1.54, 1.807) is 0 Å². The van der Waals surface area contributed by atoms with Gasteiger partial charge in [0, 0.05) is 12.1 Å². The van der Waals surface area contributed by atoms with Gasteiger partial charge >= 0.3 is 0 Å². The number of hydrogen-bond acceptors (Lipinski definition) is 3. The van der Waals surface area contributed by atoms with Crippen molar-refractivity contribution in [1.82, 2.24) is 5.32 Å². The van der Waals surface area contributed by atoms with Crippen LogP contribution in [0.3, 0.4) is 0 Å². The van der Waals surface area contributed by atoms with Crippen LogP contribution in [0.4, 0.5) is 0 Å². The van der Waals surface area contributed by atoms with Gasteiger partial charge in [-0.05, 0) is 67.7 Å². The summed E-state index contributed by atoms with van der Waals surface area (Å²) in [6.45, 7) is 3.95. The van der Waals surface area contributed by atoms with E-state index in [1.165, 1.54) is 24.0 Å². The van der Waals surface area contributed by atoms with Gasteiger partial charge in [-0.3, -0.25) is 0 Å². The van der Waals surface area contributed by atoms with Crippen LogP contribution in [-0.2, 0) is 22.7 Å². The van der Waals surface area contributed by atoms with E-state index in [2.05, 4.69) is 18.3 Å². The average Bonchev–Trinajstić information content (AvgIpc) is 3.16. The SMILES string of the molecule is CC1C(NC2CC2)c2cc3c(cc2S(=O)(=O)C1C)CCC3. The quantitative estimate of drug-likeness (QED) is 0.914. The lowest BCUT2D eigenvalue weighted by Gasteiger charge is -2.37. The van der Waals surface area contributed by atoms with Crippen molar-refractivity contribution in [3.63, 3.8) is 0 Å². The van der Waals surface area contributed by atoms with Crippen LogP contribution < -0.4 is 5.32 Å². The number of sulfone groups is 1. The summed E-state index contributed by atoms with van der Waals surface area (Å²) in [5.41, 5.74) is 3.66. The average molecular weight is 305 g/mol. The fourth-order valence-electron chi connectivity index (χ4n) is 3.89. The number of benzene rings is 1. The predicted octanol–water partition coefficient (Wildman–Crippen LogP) is 2.78. The summed E-state index contributed by atoms with van der Waals surface area (Å²) in [6.07, 6.45) is 5.74. The highest BCUT2D eigenvalue weighted by molar-refractivity contribution is 7.92. The molecule has 3 atom stereocenters. The van der Waals surface area contributed by atoms with Gasteiger partial charge in [0.2, 0.25) is 0 Å². The summed E-state index contributed by atoms with van der Waals surface area (Å²) in [7, 11) is -3.18. The van der Waals surface area contributed by atoms with Gasteiger partial charge in [0.1, 0.15) is 0 Å². The fourth-order valence-corrected chi connectivity index (χ4v) is 5.84. The van der Waals surface area contributed by atoms with Crippen LogP contribution in [0.25, 0.3) is 0 Å². The van der Waals surface area contributed by atoms with Crippen LogP contribution in [0.5, 0.6) is 0 Å². The first-order valence-electron chi connectivity index (χ1n) is 8.14. The number of hydrogen-bond donors (Lipinski definition) is 1. The Bertz CT molecular complexity index is 691. The third-order valence-corrected chi connectivity index (χ3v) is 7.99. The van der Waals surface area contributed by atoms with Gasteiger partial charge in [0.05, 0.1) is 10.1 Å². The summed E-state index contributed by atoms with van der Waals surface area (Å²) in [5, 5.41) is 3.39. The van der Waals surface area contributed by atoms with E-state index >= 15 is 0 Å². The van der Waals surface area contributed by atoms with E-state index in [0.29, 0.717) is 10.9 Å². The van der Waals surface area contributed by atoms with Crippen molar-refractivity contribution in [2.24, 2.45) is 5.92 Å². The van der Waals surface area contributed by atoms with Gasteiger partial charge in [0.15, 0.2) is 9.84 Å².